The predicted molar refractivity (Wildman–Crippen MR) is 113 cm³/mol. The fourth-order valence-corrected chi connectivity index (χ4v) is 4.88. The van der Waals surface area contributed by atoms with Gasteiger partial charge in [-0.25, -0.2) is 17.6 Å². The van der Waals surface area contributed by atoms with Gasteiger partial charge in [-0.2, -0.15) is 4.31 Å². The Morgan fingerprint density at radius 1 is 1.22 bits per heavy atom. The van der Waals surface area contributed by atoms with Crippen LogP contribution < -0.4 is 14.4 Å². The molecule has 1 aliphatic rings. The normalized spacial score (nSPS) is 15.7. The molecule has 0 spiro atoms. The first-order valence-electron chi connectivity index (χ1n) is 9.70. The minimum absolute atomic E-state index is 0.0419. The minimum atomic E-state index is -4.26. The summed E-state index contributed by atoms with van der Waals surface area (Å²) >= 11 is 0. The fraction of sp³-hybridized carbons (Fsp3) is 0.333. The number of esters is 1. The van der Waals surface area contributed by atoms with Gasteiger partial charge in [-0.3, -0.25) is 4.79 Å². The molecule has 0 N–H and O–H groups in total. The van der Waals surface area contributed by atoms with E-state index >= 15 is 0 Å². The first-order chi connectivity index (χ1) is 15.2. The average molecular weight is 466 g/mol. The number of likely N-dealkylation sites (N-methyl/N-ethyl adjacent to an activating group) is 1. The molecule has 0 saturated heterocycles. The molecule has 1 amide bonds. The third-order valence-electron chi connectivity index (χ3n) is 4.95. The molecular weight excluding hydrogens is 443 g/mol. The summed E-state index contributed by atoms with van der Waals surface area (Å²) in [5, 5.41) is 0. The summed E-state index contributed by atoms with van der Waals surface area (Å²) in [4.78, 5) is 26.1. The lowest BCUT2D eigenvalue weighted by Gasteiger charge is -2.34. The molecule has 1 unspecified atom stereocenters. The standard InChI is InChI=1S/C21H23FN2O7S/c1-4-23(32(27,28)19-11-14(22)9-10-17(19)29-2)13-20(25)24-12-18(21(26)30-3)31-16-8-6-5-7-15(16)24/h5-11,18H,4,12-13H2,1-3H3. The monoisotopic (exact) mass is 466 g/mol. The molecule has 0 aliphatic carbocycles. The molecule has 3 rings (SSSR count). The summed E-state index contributed by atoms with van der Waals surface area (Å²) in [5.41, 5.74) is 0.398. The van der Waals surface area contributed by atoms with Crippen molar-refractivity contribution in [3.8, 4) is 11.5 Å². The van der Waals surface area contributed by atoms with Crippen LogP contribution >= 0.6 is 0 Å². The van der Waals surface area contributed by atoms with Crippen LogP contribution in [0.2, 0.25) is 0 Å². The maximum Gasteiger partial charge on any atom is 0.348 e. The minimum Gasteiger partial charge on any atom is -0.495 e. The number of hydrogen-bond donors (Lipinski definition) is 0. The highest BCUT2D eigenvalue weighted by molar-refractivity contribution is 7.89. The summed E-state index contributed by atoms with van der Waals surface area (Å²) in [6.45, 7) is 0.811. The molecule has 0 aromatic heterocycles. The lowest BCUT2D eigenvalue weighted by Crippen LogP contribution is -2.50. The SMILES string of the molecule is CCN(CC(=O)N1CC(C(=O)OC)Oc2ccccc21)S(=O)(=O)c1cc(F)ccc1OC. The van der Waals surface area contributed by atoms with Crippen LogP contribution in [0.5, 0.6) is 11.5 Å². The van der Waals surface area contributed by atoms with Crippen LogP contribution in [0.15, 0.2) is 47.4 Å². The number of anilines is 1. The van der Waals surface area contributed by atoms with E-state index in [1.165, 1.54) is 25.2 Å². The van der Waals surface area contributed by atoms with E-state index in [4.69, 9.17) is 14.2 Å². The van der Waals surface area contributed by atoms with Crippen LogP contribution in [0.25, 0.3) is 0 Å². The van der Waals surface area contributed by atoms with Crippen LogP contribution in [-0.4, -0.2) is 64.6 Å². The van der Waals surface area contributed by atoms with Crippen molar-refractivity contribution in [2.45, 2.75) is 17.9 Å². The maximum absolute atomic E-state index is 13.8. The van der Waals surface area contributed by atoms with Crippen LogP contribution in [0.4, 0.5) is 10.1 Å². The molecule has 0 bridgehead atoms. The number of benzene rings is 2. The molecule has 2 aromatic carbocycles. The zero-order valence-electron chi connectivity index (χ0n) is 17.8. The van der Waals surface area contributed by atoms with E-state index < -0.39 is 40.4 Å². The van der Waals surface area contributed by atoms with E-state index in [0.717, 1.165) is 16.4 Å². The van der Waals surface area contributed by atoms with Gasteiger partial charge in [0.15, 0.2) is 0 Å². The highest BCUT2D eigenvalue weighted by atomic mass is 32.2. The van der Waals surface area contributed by atoms with Gasteiger partial charge in [0, 0.05) is 6.54 Å². The van der Waals surface area contributed by atoms with E-state index in [1.807, 2.05) is 0 Å². The second-order valence-corrected chi connectivity index (χ2v) is 8.73. The lowest BCUT2D eigenvalue weighted by atomic mass is 10.2. The Morgan fingerprint density at radius 2 is 1.94 bits per heavy atom. The van der Waals surface area contributed by atoms with Crippen molar-refractivity contribution in [3.05, 3.63) is 48.3 Å². The van der Waals surface area contributed by atoms with Crippen molar-refractivity contribution < 1.29 is 36.6 Å². The quantitative estimate of drug-likeness (QED) is 0.574. The van der Waals surface area contributed by atoms with Gasteiger partial charge in [0.1, 0.15) is 22.2 Å². The number of fused-ring (bicyclic) bond motifs is 1. The molecule has 9 nitrogen and oxygen atoms in total. The van der Waals surface area contributed by atoms with Crippen LogP contribution in [0.3, 0.4) is 0 Å². The fourth-order valence-electron chi connectivity index (χ4n) is 3.32. The van der Waals surface area contributed by atoms with E-state index in [1.54, 1.807) is 31.2 Å². The predicted octanol–water partition coefficient (Wildman–Crippen LogP) is 1.81. The third kappa shape index (κ3) is 4.53. The number of rotatable bonds is 7. The molecule has 2 aromatic rings. The molecule has 172 valence electrons. The first-order valence-corrected chi connectivity index (χ1v) is 11.1. The summed E-state index contributed by atoms with van der Waals surface area (Å²) in [6, 6.07) is 9.72. The highest BCUT2D eigenvalue weighted by Gasteiger charge is 2.36. The molecule has 1 atom stereocenters. The number of nitrogens with zero attached hydrogens (tertiary/aromatic N) is 2. The van der Waals surface area contributed by atoms with Gasteiger partial charge >= 0.3 is 5.97 Å². The van der Waals surface area contributed by atoms with Gasteiger partial charge < -0.3 is 19.1 Å². The summed E-state index contributed by atoms with van der Waals surface area (Å²) in [5.74, 6) is -1.76. The van der Waals surface area contributed by atoms with E-state index in [9.17, 15) is 22.4 Å². The van der Waals surface area contributed by atoms with Crippen molar-refractivity contribution in [1.82, 2.24) is 4.31 Å². The molecular formula is C21H23FN2O7S. The van der Waals surface area contributed by atoms with Crippen molar-refractivity contribution in [1.29, 1.82) is 0 Å². The van der Waals surface area contributed by atoms with Gasteiger partial charge in [-0.05, 0) is 30.3 Å². The highest BCUT2D eigenvalue weighted by Crippen LogP contribution is 2.34. The van der Waals surface area contributed by atoms with E-state index in [-0.39, 0.29) is 23.7 Å². The third-order valence-corrected chi connectivity index (χ3v) is 6.89. The van der Waals surface area contributed by atoms with Crippen molar-refractivity contribution in [2.75, 3.05) is 38.8 Å². The molecule has 1 heterocycles. The number of sulfonamides is 1. The Hall–Kier alpha value is -3.18. The average Bonchev–Trinajstić information content (AvgIpc) is 2.80. The summed E-state index contributed by atoms with van der Waals surface area (Å²) in [6.07, 6.45) is -1.06. The maximum atomic E-state index is 13.8. The van der Waals surface area contributed by atoms with Crippen LogP contribution in [-0.2, 0) is 24.3 Å². The van der Waals surface area contributed by atoms with Gasteiger partial charge in [0.05, 0.1) is 33.0 Å². The number of halogens is 1. The second-order valence-electron chi connectivity index (χ2n) is 6.83. The zero-order valence-corrected chi connectivity index (χ0v) is 18.6. The Morgan fingerprint density at radius 3 is 2.59 bits per heavy atom. The number of ether oxygens (including phenoxy) is 3. The Kier molecular flexibility index (Phi) is 6.99. The number of amides is 1. The Balaban J connectivity index is 1.92. The van der Waals surface area contributed by atoms with Crippen molar-refractivity contribution in [2.24, 2.45) is 0 Å². The topological polar surface area (TPSA) is 102 Å². The lowest BCUT2D eigenvalue weighted by molar-refractivity contribution is -0.148. The number of carbonyl (C=O) groups is 2. The summed E-state index contributed by atoms with van der Waals surface area (Å²) in [7, 11) is -1.79. The second kappa shape index (κ2) is 9.53. The van der Waals surface area contributed by atoms with Crippen molar-refractivity contribution >= 4 is 27.6 Å². The van der Waals surface area contributed by atoms with Gasteiger partial charge in [0.25, 0.3) is 0 Å². The molecule has 0 fully saturated rings. The van der Waals surface area contributed by atoms with Crippen molar-refractivity contribution in [3.63, 3.8) is 0 Å². The van der Waals surface area contributed by atoms with E-state index in [0.29, 0.717) is 11.4 Å². The number of hydrogen-bond acceptors (Lipinski definition) is 7. The van der Waals surface area contributed by atoms with E-state index in [2.05, 4.69) is 0 Å². The number of para-hydroxylation sites is 2. The van der Waals surface area contributed by atoms with Crippen LogP contribution in [0, 0.1) is 5.82 Å². The number of carbonyl (C=O) groups excluding carboxylic acids is 2. The summed E-state index contributed by atoms with van der Waals surface area (Å²) < 4.78 is 56.5. The first kappa shape index (κ1) is 23.5. The number of methoxy groups -OCH3 is 2. The molecule has 32 heavy (non-hydrogen) atoms. The van der Waals surface area contributed by atoms with Crippen LogP contribution in [0.1, 0.15) is 6.92 Å². The molecule has 1 aliphatic heterocycles. The van der Waals surface area contributed by atoms with Gasteiger partial charge in [0.2, 0.25) is 22.0 Å². The Labute approximate surface area is 185 Å². The van der Waals surface area contributed by atoms with Gasteiger partial charge in [-0.1, -0.05) is 19.1 Å². The molecule has 11 heteroatoms. The molecule has 0 saturated carbocycles. The van der Waals surface area contributed by atoms with Gasteiger partial charge in [-0.15, -0.1) is 0 Å². The largest absolute Gasteiger partial charge is 0.495 e. The zero-order chi connectivity index (χ0) is 23.5. The molecule has 0 radical (unpaired) electrons. The smallest absolute Gasteiger partial charge is 0.348 e. The Bertz CT molecular complexity index is 1120.